The fourth-order valence-electron chi connectivity index (χ4n) is 4.85. The zero-order valence-electron chi connectivity index (χ0n) is 16.2. The first-order chi connectivity index (χ1) is 13.6. The predicted octanol–water partition coefficient (Wildman–Crippen LogP) is 4.24. The van der Waals surface area contributed by atoms with E-state index in [9.17, 15) is 9.59 Å². The fourth-order valence-corrected chi connectivity index (χ4v) is 5.58. The highest BCUT2D eigenvalue weighted by atomic mass is 32.1. The molecular formula is C23H28N2O2S. The number of benzene rings is 1. The maximum Gasteiger partial charge on any atom is 0.225 e. The zero-order chi connectivity index (χ0) is 19.6. The molecule has 2 heterocycles. The van der Waals surface area contributed by atoms with Crippen molar-refractivity contribution < 1.29 is 9.59 Å². The topological polar surface area (TPSA) is 63.4 Å². The zero-order valence-corrected chi connectivity index (χ0v) is 17.0. The second-order valence-corrected chi connectivity index (χ2v) is 9.29. The lowest BCUT2D eigenvalue weighted by molar-refractivity contribution is -0.142. The van der Waals surface area contributed by atoms with Crippen molar-refractivity contribution in [3.8, 4) is 10.4 Å². The van der Waals surface area contributed by atoms with Gasteiger partial charge in [-0.15, -0.1) is 11.3 Å². The smallest absolute Gasteiger partial charge is 0.225 e. The SMILES string of the molecule is NC(=O)[C@@]1(Cc2cccc(-c3cccs3)c2)CCCN(C(=O)C2CCCC2)C1. The molecule has 5 heteroatoms. The molecule has 0 bridgehead atoms. The number of amides is 2. The monoisotopic (exact) mass is 396 g/mol. The van der Waals surface area contributed by atoms with Crippen LogP contribution in [0.1, 0.15) is 44.1 Å². The Morgan fingerprint density at radius 3 is 2.68 bits per heavy atom. The molecule has 1 atom stereocenters. The lowest BCUT2D eigenvalue weighted by Gasteiger charge is -2.41. The van der Waals surface area contributed by atoms with Crippen LogP contribution < -0.4 is 5.73 Å². The van der Waals surface area contributed by atoms with Crippen molar-refractivity contribution in [3.05, 3.63) is 47.3 Å². The summed E-state index contributed by atoms with van der Waals surface area (Å²) in [6.07, 6.45) is 6.44. The van der Waals surface area contributed by atoms with Gasteiger partial charge in [0.25, 0.3) is 0 Å². The van der Waals surface area contributed by atoms with E-state index in [4.69, 9.17) is 5.73 Å². The van der Waals surface area contributed by atoms with Crippen LogP contribution in [0.5, 0.6) is 0 Å². The summed E-state index contributed by atoms with van der Waals surface area (Å²) in [6, 6.07) is 12.5. The van der Waals surface area contributed by atoms with Crippen molar-refractivity contribution in [2.75, 3.05) is 13.1 Å². The molecule has 1 saturated carbocycles. The number of primary amides is 1. The standard InChI is InChI=1S/C23H28N2O2S/c24-22(27)23(11-5-12-25(16-23)21(26)18-7-1-2-8-18)15-17-6-3-9-19(14-17)20-10-4-13-28-20/h3-4,6,9-10,13-14,18H,1-2,5,7-8,11-12,15-16H2,(H2,24,27)/t23-/m1/s1. The van der Waals surface area contributed by atoms with Crippen molar-refractivity contribution in [3.63, 3.8) is 0 Å². The van der Waals surface area contributed by atoms with Crippen LogP contribution >= 0.6 is 11.3 Å². The van der Waals surface area contributed by atoms with E-state index in [1.54, 1.807) is 11.3 Å². The van der Waals surface area contributed by atoms with E-state index in [-0.39, 0.29) is 17.7 Å². The normalized spacial score (nSPS) is 23.1. The number of carbonyl (C=O) groups is 2. The maximum atomic E-state index is 12.9. The highest BCUT2D eigenvalue weighted by Crippen LogP contribution is 2.37. The highest BCUT2D eigenvalue weighted by molar-refractivity contribution is 7.13. The van der Waals surface area contributed by atoms with Gasteiger partial charge in [0.1, 0.15) is 0 Å². The molecule has 1 aliphatic carbocycles. The van der Waals surface area contributed by atoms with Gasteiger partial charge in [0.15, 0.2) is 0 Å². The van der Waals surface area contributed by atoms with Gasteiger partial charge in [0.05, 0.1) is 5.41 Å². The van der Waals surface area contributed by atoms with E-state index in [0.717, 1.165) is 50.6 Å². The number of hydrogen-bond acceptors (Lipinski definition) is 3. The lowest BCUT2D eigenvalue weighted by atomic mass is 9.74. The molecular weight excluding hydrogens is 368 g/mol. The summed E-state index contributed by atoms with van der Waals surface area (Å²) in [5.74, 6) is 0.0962. The molecule has 2 fully saturated rings. The number of hydrogen-bond donors (Lipinski definition) is 1. The van der Waals surface area contributed by atoms with Crippen LogP contribution in [0.15, 0.2) is 41.8 Å². The molecule has 2 aliphatic rings. The minimum Gasteiger partial charge on any atom is -0.369 e. The van der Waals surface area contributed by atoms with E-state index in [2.05, 4.69) is 29.6 Å². The first-order valence-corrected chi connectivity index (χ1v) is 11.2. The van der Waals surface area contributed by atoms with Gasteiger partial charge in [-0.1, -0.05) is 43.2 Å². The minimum atomic E-state index is -0.666. The molecule has 1 aliphatic heterocycles. The first kappa shape index (κ1) is 19.2. The first-order valence-electron chi connectivity index (χ1n) is 10.3. The van der Waals surface area contributed by atoms with Gasteiger partial charge in [-0.05, 0) is 54.7 Å². The maximum absolute atomic E-state index is 12.9. The third kappa shape index (κ3) is 3.86. The summed E-state index contributed by atoms with van der Waals surface area (Å²) in [5.41, 5.74) is 7.54. The number of thiophene rings is 1. The van der Waals surface area contributed by atoms with E-state index in [1.807, 2.05) is 17.0 Å². The molecule has 2 amide bonds. The number of piperidine rings is 1. The van der Waals surface area contributed by atoms with Crippen LogP contribution in [-0.4, -0.2) is 29.8 Å². The third-order valence-corrected chi connectivity index (χ3v) is 7.31. The average Bonchev–Trinajstić information content (AvgIpc) is 3.42. The Kier molecular flexibility index (Phi) is 5.54. The van der Waals surface area contributed by atoms with Gasteiger partial charge in [0, 0.05) is 23.9 Å². The Labute approximate surface area is 170 Å². The summed E-state index contributed by atoms with van der Waals surface area (Å²) < 4.78 is 0. The minimum absolute atomic E-state index is 0.144. The third-order valence-electron chi connectivity index (χ3n) is 6.39. The molecule has 0 radical (unpaired) electrons. The number of carbonyl (C=O) groups excluding carboxylic acids is 2. The molecule has 1 aromatic heterocycles. The quantitative estimate of drug-likeness (QED) is 0.821. The van der Waals surface area contributed by atoms with Crippen LogP contribution in [0.2, 0.25) is 0 Å². The number of nitrogens with two attached hydrogens (primary N) is 1. The van der Waals surface area contributed by atoms with Gasteiger partial charge < -0.3 is 10.6 Å². The van der Waals surface area contributed by atoms with Gasteiger partial charge in [-0.2, -0.15) is 0 Å². The van der Waals surface area contributed by atoms with E-state index in [0.29, 0.717) is 13.0 Å². The van der Waals surface area contributed by atoms with Gasteiger partial charge in [-0.25, -0.2) is 0 Å². The molecule has 0 spiro atoms. The van der Waals surface area contributed by atoms with Gasteiger partial charge >= 0.3 is 0 Å². The Hall–Kier alpha value is -2.14. The summed E-state index contributed by atoms with van der Waals surface area (Å²) in [4.78, 5) is 28.7. The van der Waals surface area contributed by atoms with Gasteiger partial charge in [0.2, 0.25) is 11.8 Å². The predicted molar refractivity (Wildman–Crippen MR) is 113 cm³/mol. The van der Waals surface area contributed by atoms with E-state index >= 15 is 0 Å². The summed E-state index contributed by atoms with van der Waals surface area (Å²) in [7, 11) is 0. The molecule has 0 unspecified atom stereocenters. The summed E-state index contributed by atoms with van der Waals surface area (Å²) in [6.45, 7) is 1.21. The Morgan fingerprint density at radius 2 is 1.96 bits per heavy atom. The molecule has 1 saturated heterocycles. The largest absolute Gasteiger partial charge is 0.369 e. The number of rotatable bonds is 5. The number of nitrogens with zero attached hydrogens (tertiary/aromatic N) is 1. The van der Waals surface area contributed by atoms with E-state index in [1.165, 1.54) is 10.4 Å². The van der Waals surface area contributed by atoms with Crippen LogP contribution in [0, 0.1) is 11.3 Å². The van der Waals surface area contributed by atoms with Crippen LogP contribution in [0.25, 0.3) is 10.4 Å². The second kappa shape index (κ2) is 8.08. The lowest BCUT2D eigenvalue weighted by Crippen LogP contribution is -2.54. The van der Waals surface area contributed by atoms with Crippen molar-refractivity contribution in [2.24, 2.45) is 17.1 Å². The van der Waals surface area contributed by atoms with Crippen molar-refractivity contribution >= 4 is 23.2 Å². The van der Waals surface area contributed by atoms with E-state index < -0.39 is 5.41 Å². The molecule has 2 aromatic rings. The average molecular weight is 397 g/mol. The fraction of sp³-hybridized carbons (Fsp3) is 0.478. The molecule has 1 aromatic carbocycles. The molecule has 4 rings (SSSR count). The van der Waals surface area contributed by atoms with Crippen LogP contribution in [0.3, 0.4) is 0 Å². The van der Waals surface area contributed by atoms with Crippen LogP contribution in [0.4, 0.5) is 0 Å². The van der Waals surface area contributed by atoms with Crippen molar-refractivity contribution in [1.82, 2.24) is 4.90 Å². The number of likely N-dealkylation sites (tertiary alicyclic amines) is 1. The van der Waals surface area contributed by atoms with Crippen LogP contribution in [-0.2, 0) is 16.0 Å². The molecule has 4 nitrogen and oxygen atoms in total. The highest BCUT2D eigenvalue weighted by Gasteiger charge is 2.43. The van der Waals surface area contributed by atoms with Gasteiger partial charge in [-0.3, -0.25) is 9.59 Å². The van der Waals surface area contributed by atoms with Crippen molar-refractivity contribution in [2.45, 2.75) is 44.9 Å². The summed E-state index contributed by atoms with van der Waals surface area (Å²) >= 11 is 1.71. The Balaban J connectivity index is 1.55. The Bertz CT molecular complexity index is 842. The second-order valence-electron chi connectivity index (χ2n) is 8.34. The molecule has 2 N–H and O–H groups in total. The summed E-state index contributed by atoms with van der Waals surface area (Å²) in [5, 5.41) is 2.07. The van der Waals surface area contributed by atoms with Crippen molar-refractivity contribution in [1.29, 1.82) is 0 Å². The molecule has 28 heavy (non-hydrogen) atoms. The molecule has 148 valence electrons. The Morgan fingerprint density at radius 1 is 1.14 bits per heavy atom.